The molecule has 0 aliphatic heterocycles. The summed E-state index contributed by atoms with van der Waals surface area (Å²) in [6, 6.07) is 2.68. The van der Waals surface area contributed by atoms with E-state index in [9.17, 15) is 18.7 Å². The molecule has 3 nitrogen and oxygen atoms in total. The van der Waals surface area contributed by atoms with E-state index in [0.29, 0.717) is 12.6 Å². The fourth-order valence-corrected chi connectivity index (χ4v) is 1.65. The summed E-state index contributed by atoms with van der Waals surface area (Å²) in [5.74, 6) is -2.09. The summed E-state index contributed by atoms with van der Waals surface area (Å²) in [7, 11) is 0. The monoisotopic (exact) mass is 257 g/mol. The van der Waals surface area contributed by atoms with E-state index in [1.54, 1.807) is 20.8 Å². The second-order valence-corrected chi connectivity index (χ2v) is 4.79. The van der Waals surface area contributed by atoms with Gasteiger partial charge in [0.25, 0.3) is 5.91 Å². The largest absolute Gasteiger partial charge is 0.389 e. The first-order valence-corrected chi connectivity index (χ1v) is 5.70. The summed E-state index contributed by atoms with van der Waals surface area (Å²) in [5, 5.41) is 9.68. The van der Waals surface area contributed by atoms with Gasteiger partial charge in [0.2, 0.25) is 0 Å². The van der Waals surface area contributed by atoms with Crippen LogP contribution in [-0.4, -0.2) is 34.6 Å². The highest BCUT2D eigenvalue weighted by atomic mass is 19.1. The molecule has 0 heterocycles. The molecule has 18 heavy (non-hydrogen) atoms. The average Bonchev–Trinajstić information content (AvgIpc) is 2.22. The van der Waals surface area contributed by atoms with Gasteiger partial charge in [-0.3, -0.25) is 4.79 Å². The van der Waals surface area contributed by atoms with Gasteiger partial charge >= 0.3 is 0 Å². The van der Waals surface area contributed by atoms with Gasteiger partial charge in [0.05, 0.1) is 5.60 Å². The molecular weight excluding hydrogens is 240 g/mol. The summed E-state index contributed by atoms with van der Waals surface area (Å²) < 4.78 is 26.1. The van der Waals surface area contributed by atoms with Crippen molar-refractivity contribution in [1.29, 1.82) is 0 Å². The van der Waals surface area contributed by atoms with E-state index in [4.69, 9.17) is 0 Å². The number of aliphatic hydroxyl groups is 1. The van der Waals surface area contributed by atoms with E-state index >= 15 is 0 Å². The summed E-state index contributed by atoms with van der Waals surface area (Å²) in [6.45, 7) is 5.31. The van der Waals surface area contributed by atoms with Crippen LogP contribution in [0.1, 0.15) is 31.1 Å². The van der Waals surface area contributed by atoms with Crippen LogP contribution in [0.2, 0.25) is 0 Å². The Bertz CT molecular complexity index is 421. The highest BCUT2D eigenvalue weighted by molar-refractivity contribution is 5.94. The van der Waals surface area contributed by atoms with Crippen molar-refractivity contribution in [3.8, 4) is 0 Å². The fourth-order valence-electron chi connectivity index (χ4n) is 1.65. The number of carbonyl (C=O) groups is 1. The summed E-state index contributed by atoms with van der Waals surface area (Å²) in [6.07, 6.45) is 0. The van der Waals surface area contributed by atoms with Crippen molar-refractivity contribution < 1.29 is 18.7 Å². The minimum atomic E-state index is -1.06. The smallest absolute Gasteiger partial charge is 0.254 e. The third-order valence-corrected chi connectivity index (χ3v) is 2.36. The Labute approximate surface area is 105 Å². The van der Waals surface area contributed by atoms with Crippen LogP contribution in [-0.2, 0) is 0 Å². The van der Waals surface area contributed by atoms with Crippen LogP contribution in [0.15, 0.2) is 18.2 Å². The molecule has 0 bridgehead atoms. The molecular formula is C13H17F2NO2. The lowest BCUT2D eigenvalue weighted by Gasteiger charge is -2.28. The molecule has 0 aliphatic rings. The zero-order valence-corrected chi connectivity index (χ0v) is 10.7. The Hall–Kier alpha value is -1.49. The number of hydrogen-bond donors (Lipinski definition) is 1. The molecule has 0 spiro atoms. The Kier molecular flexibility index (Phi) is 4.40. The first-order valence-electron chi connectivity index (χ1n) is 5.70. The Morgan fingerprint density at radius 2 is 1.78 bits per heavy atom. The maximum absolute atomic E-state index is 13.0. The van der Waals surface area contributed by atoms with E-state index in [1.165, 1.54) is 4.90 Å². The van der Waals surface area contributed by atoms with Gasteiger partial charge in [0.15, 0.2) is 0 Å². The van der Waals surface area contributed by atoms with Gasteiger partial charge in [0.1, 0.15) is 11.6 Å². The second-order valence-electron chi connectivity index (χ2n) is 4.79. The minimum Gasteiger partial charge on any atom is -0.389 e. The van der Waals surface area contributed by atoms with Crippen molar-refractivity contribution >= 4 is 5.91 Å². The molecule has 100 valence electrons. The number of nitrogens with zero attached hydrogens (tertiary/aromatic N) is 1. The molecule has 1 N–H and O–H groups in total. The van der Waals surface area contributed by atoms with E-state index in [-0.39, 0.29) is 12.1 Å². The van der Waals surface area contributed by atoms with Crippen LogP contribution in [0.5, 0.6) is 0 Å². The molecule has 0 fully saturated rings. The van der Waals surface area contributed by atoms with Gasteiger partial charge in [0, 0.05) is 24.7 Å². The molecule has 1 aromatic rings. The van der Waals surface area contributed by atoms with Gasteiger partial charge in [-0.1, -0.05) is 0 Å². The van der Waals surface area contributed by atoms with E-state index in [0.717, 1.165) is 12.1 Å². The molecule has 1 aromatic carbocycles. The van der Waals surface area contributed by atoms with E-state index in [2.05, 4.69) is 0 Å². The number of hydrogen-bond acceptors (Lipinski definition) is 2. The van der Waals surface area contributed by atoms with Crippen LogP contribution in [0, 0.1) is 11.6 Å². The summed E-state index contributed by atoms with van der Waals surface area (Å²) in [4.78, 5) is 13.4. The lowest BCUT2D eigenvalue weighted by Crippen LogP contribution is -2.42. The molecule has 1 amide bonds. The Morgan fingerprint density at radius 1 is 1.28 bits per heavy atom. The third-order valence-electron chi connectivity index (χ3n) is 2.36. The maximum Gasteiger partial charge on any atom is 0.254 e. The topological polar surface area (TPSA) is 40.5 Å². The highest BCUT2D eigenvalue weighted by Crippen LogP contribution is 2.13. The predicted octanol–water partition coefficient (Wildman–Crippen LogP) is 2.20. The van der Waals surface area contributed by atoms with Crippen molar-refractivity contribution in [2.24, 2.45) is 0 Å². The third kappa shape index (κ3) is 4.07. The zero-order valence-electron chi connectivity index (χ0n) is 10.7. The van der Waals surface area contributed by atoms with Crippen LogP contribution >= 0.6 is 0 Å². The van der Waals surface area contributed by atoms with Gasteiger partial charge in [-0.25, -0.2) is 8.78 Å². The van der Waals surface area contributed by atoms with Crippen LogP contribution in [0.4, 0.5) is 8.78 Å². The standard InChI is InChI=1S/C13H17F2NO2/c1-4-16(8-13(2,3)18)12(17)9-5-10(14)7-11(15)6-9/h5-7,18H,4,8H2,1-3H3. The predicted molar refractivity (Wildman–Crippen MR) is 64.2 cm³/mol. The molecule has 5 heteroatoms. The molecule has 0 saturated heterocycles. The maximum atomic E-state index is 13.0. The molecule has 0 unspecified atom stereocenters. The van der Waals surface area contributed by atoms with E-state index < -0.39 is 23.1 Å². The normalized spacial score (nSPS) is 11.4. The number of likely N-dealkylation sites (N-methyl/N-ethyl adjacent to an activating group) is 1. The van der Waals surface area contributed by atoms with Crippen LogP contribution in [0.3, 0.4) is 0 Å². The van der Waals surface area contributed by atoms with Gasteiger partial charge in [-0.15, -0.1) is 0 Å². The number of halogens is 2. The lowest BCUT2D eigenvalue weighted by molar-refractivity contribution is 0.0314. The molecule has 1 rings (SSSR count). The van der Waals surface area contributed by atoms with Crippen molar-refractivity contribution in [3.05, 3.63) is 35.4 Å². The van der Waals surface area contributed by atoms with Gasteiger partial charge < -0.3 is 10.0 Å². The zero-order chi connectivity index (χ0) is 13.9. The van der Waals surface area contributed by atoms with Gasteiger partial charge in [-0.2, -0.15) is 0 Å². The number of rotatable bonds is 4. The first kappa shape index (κ1) is 14.6. The SMILES string of the molecule is CCN(CC(C)(C)O)C(=O)c1cc(F)cc(F)c1. The minimum absolute atomic E-state index is 0.0569. The Morgan fingerprint density at radius 3 is 2.17 bits per heavy atom. The van der Waals surface area contributed by atoms with Crippen molar-refractivity contribution in [3.63, 3.8) is 0 Å². The van der Waals surface area contributed by atoms with Gasteiger partial charge in [-0.05, 0) is 32.9 Å². The molecule has 0 aliphatic carbocycles. The quantitative estimate of drug-likeness (QED) is 0.898. The van der Waals surface area contributed by atoms with Crippen molar-refractivity contribution in [2.75, 3.05) is 13.1 Å². The van der Waals surface area contributed by atoms with Crippen molar-refractivity contribution in [2.45, 2.75) is 26.4 Å². The molecule has 0 aromatic heterocycles. The van der Waals surface area contributed by atoms with Crippen LogP contribution < -0.4 is 0 Å². The number of amides is 1. The molecule has 0 atom stereocenters. The first-order chi connectivity index (χ1) is 8.23. The lowest BCUT2D eigenvalue weighted by atomic mass is 10.1. The summed E-state index contributed by atoms with van der Waals surface area (Å²) >= 11 is 0. The fraction of sp³-hybridized carbons (Fsp3) is 0.462. The van der Waals surface area contributed by atoms with E-state index in [1.807, 2.05) is 0 Å². The summed E-state index contributed by atoms with van der Waals surface area (Å²) in [5.41, 5.74) is -1.11. The Balaban J connectivity index is 2.96. The van der Waals surface area contributed by atoms with Crippen LogP contribution in [0.25, 0.3) is 0 Å². The number of carbonyl (C=O) groups excluding carboxylic acids is 1. The number of benzene rings is 1. The second kappa shape index (κ2) is 5.44. The highest BCUT2D eigenvalue weighted by Gasteiger charge is 2.22. The average molecular weight is 257 g/mol. The molecule has 0 radical (unpaired) electrons. The van der Waals surface area contributed by atoms with Crippen molar-refractivity contribution in [1.82, 2.24) is 4.90 Å². The molecule has 0 saturated carbocycles.